The highest BCUT2D eigenvalue weighted by Gasteiger charge is 2.17. The van der Waals surface area contributed by atoms with Crippen LogP contribution in [0.15, 0.2) is 83.6 Å². The molecular weight excluding hydrogens is 495 g/mol. The van der Waals surface area contributed by atoms with Crippen LogP contribution in [0.1, 0.15) is 22.5 Å². The number of halogens is 1. The van der Waals surface area contributed by atoms with Gasteiger partial charge in [-0.1, -0.05) is 24.3 Å². The summed E-state index contributed by atoms with van der Waals surface area (Å²) in [5.74, 6) is -0.713. The first kappa shape index (κ1) is 24.8. The molecule has 0 radical (unpaired) electrons. The number of fused-ring (bicyclic) bond motifs is 1. The fraction of sp³-hybridized carbons (Fsp3) is 0.200. The average molecular weight is 523 g/mol. The van der Waals surface area contributed by atoms with Gasteiger partial charge in [0.05, 0.1) is 36.3 Å². The molecule has 1 saturated heterocycles. The lowest BCUT2D eigenvalue weighted by Gasteiger charge is -2.27. The van der Waals surface area contributed by atoms with Crippen molar-refractivity contribution in [2.24, 2.45) is 4.99 Å². The van der Waals surface area contributed by atoms with Crippen molar-refractivity contribution in [3.63, 3.8) is 0 Å². The molecule has 2 aliphatic heterocycles. The van der Waals surface area contributed by atoms with Crippen molar-refractivity contribution in [2.75, 3.05) is 38.2 Å². The highest BCUT2D eigenvalue weighted by Crippen LogP contribution is 2.26. The molecule has 0 bridgehead atoms. The number of morpholine rings is 1. The number of carbonyl (C=O) groups is 1. The smallest absolute Gasteiger partial charge is 0.276 e. The Morgan fingerprint density at radius 1 is 1.10 bits per heavy atom. The summed E-state index contributed by atoms with van der Waals surface area (Å²) in [6.07, 6.45) is 8.29. The minimum atomic E-state index is -0.364. The summed E-state index contributed by atoms with van der Waals surface area (Å²) in [4.78, 5) is 24.4. The molecule has 1 fully saturated rings. The zero-order valence-corrected chi connectivity index (χ0v) is 21.2. The van der Waals surface area contributed by atoms with E-state index in [9.17, 15) is 9.18 Å². The summed E-state index contributed by atoms with van der Waals surface area (Å²) < 4.78 is 19.5. The molecule has 2 aromatic carbocycles. The molecule has 0 aliphatic carbocycles. The first-order chi connectivity index (χ1) is 19.1. The van der Waals surface area contributed by atoms with Gasteiger partial charge >= 0.3 is 0 Å². The first-order valence-corrected chi connectivity index (χ1v) is 12.9. The van der Waals surface area contributed by atoms with E-state index in [2.05, 4.69) is 36.5 Å². The van der Waals surface area contributed by atoms with Gasteiger partial charge in [-0.05, 0) is 59.5 Å². The number of allylic oxidation sites excluding steroid dienone is 2. The van der Waals surface area contributed by atoms with E-state index in [1.165, 1.54) is 17.8 Å². The Kier molecular flexibility index (Phi) is 7.07. The second kappa shape index (κ2) is 11.1. The van der Waals surface area contributed by atoms with Crippen molar-refractivity contribution in [1.29, 1.82) is 0 Å². The number of nitrogens with one attached hydrogen (secondary N) is 2. The second-order valence-corrected chi connectivity index (χ2v) is 9.52. The van der Waals surface area contributed by atoms with Gasteiger partial charge in [0.25, 0.3) is 5.91 Å². The van der Waals surface area contributed by atoms with Gasteiger partial charge in [0.1, 0.15) is 5.82 Å². The number of hydrogen-bond donors (Lipinski definition) is 2. The third kappa shape index (κ3) is 5.55. The summed E-state index contributed by atoms with van der Waals surface area (Å²) >= 11 is 0. The van der Waals surface area contributed by atoms with E-state index in [0.29, 0.717) is 22.3 Å². The fourth-order valence-electron chi connectivity index (χ4n) is 4.77. The lowest BCUT2D eigenvalue weighted by molar-refractivity contribution is 0.0421. The number of aliphatic imine (C=N–C) groups is 1. The van der Waals surface area contributed by atoms with Gasteiger partial charge in [0.15, 0.2) is 5.69 Å². The van der Waals surface area contributed by atoms with Gasteiger partial charge in [-0.2, -0.15) is 5.10 Å². The predicted octanol–water partition coefficient (Wildman–Crippen LogP) is 5.09. The first-order valence-electron chi connectivity index (χ1n) is 12.9. The highest BCUT2D eigenvalue weighted by atomic mass is 19.1. The van der Waals surface area contributed by atoms with Crippen LogP contribution in [-0.2, 0) is 4.74 Å². The predicted molar refractivity (Wildman–Crippen MR) is 150 cm³/mol. The molecule has 0 saturated carbocycles. The van der Waals surface area contributed by atoms with Crippen molar-refractivity contribution in [3.8, 4) is 11.3 Å². The van der Waals surface area contributed by atoms with Crippen LogP contribution in [0, 0.1) is 5.82 Å². The van der Waals surface area contributed by atoms with Crippen LogP contribution in [0.4, 0.5) is 10.1 Å². The molecule has 8 nitrogen and oxygen atoms in total. The van der Waals surface area contributed by atoms with Gasteiger partial charge < -0.3 is 10.1 Å². The number of H-pyrrole nitrogens is 1. The van der Waals surface area contributed by atoms with Gasteiger partial charge in [-0.25, -0.2) is 4.39 Å². The van der Waals surface area contributed by atoms with Crippen molar-refractivity contribution in [1.82, 2.24) is 20.1 Å². The summed E-state index contributed by atoms with van der Waals surface area (Å²) in [7, 11) is 0. The molecule has 2 N–H and O–H groups in total. The Morgan fingerprint density at radius 3 is 2.79 bits per heavy atom. The zero-order chi connectivity index (χ0) is 26.6. The van der Waals surface area contributed by atoms with Crippen LogP contribution >= 0.6 is 0 Å². The number of benzene rings is 2. The minimum Gasteiger partial charge on any atom is -0.379 e. The molecule has 196 valence electrons. The highest BCUT2D eigenvalue weighted by molar-refractivity contribution is 6.14. The van der Waals surface area contributed by atoms with Crippen LogP contribution in [0.3, 0.4) is 0 Å². The van der Waals surface area contributed by atoms with E-state index >= 15 is 0 Å². The molecule has 0 spiro atoms. The summed E-state index contributed by atoms with van der Waals surface area (Å²) in [6.45, 7) is 4.30. The van der Waals surface area contributed by atoms with E-state index in [0.717, 1.165) is 55.9 Å². The van der Waals surface area contributed by atoms with Crippen molar-refractivity contribution in [3.05, 3.63) is 95.7 Å². The molecule has 2 aliphatic rings. The van der Waals surface area contributed by atoms with Crippen LogP contribution in [0.25, 0.3) is 27.7 Å². The van der Waals surface area contributed by atoms with Crippen molar-refractivity contribution < 1.29 is 13.9 Å². The molecule has 9 heteroatoms. The van der Waals surface area contributed by atoms with E-state index in [1.54, 1.807) is 30.3 Å². The van der Waals surface area contributed by atoms with E-state index in [1.807, 2.05) is 30.6 Å². The van der Waals surface area contributed by atoms with Crippen LogP contribution in [-0.4, -0.2) is 65.1 Å². The minimum absolute atomic E-state index is 0.280. The number of anilines is 1. The number of nitrogens with zero attached hydrogens (tertiary/aromatic N) is 4. The lowest BCUT2D eigenvalue weighted by atomic mass is 10.0. The maximum Gasteiger partial charge on any atom is 0.276 e. The molecule has 4 aromatic rings. The Bertz CT molecular complexity index is 1600. The summed E-state index contributed by atoms with van der Waals surface area (Å²) in [5, 5.41) is 10.8. The Labute approximate surface area is 224 Å². The normalized spacial score (nSPS) is 16.0. The quantitative estimate of drug-likeness (QED) is 0.368. The standard InChI is InChI=1S/C30H27FN6O2/c31-26-4-2-1-3-24(26)27-10-8-23(18-33-27)34-30(38)29-25-15-21(7-9-28(25)35-36-29)22-6-5-20(16-32-17-22)19-37-11-13-39-14-12-37/h1-4,6-10,15-18H,5,11-14,19H2,(H,34,38)(H,35,36). The third-order valence-electron chi connectivity index (χ3n) is 6.87. The zero-order valence-electron chi connectivity index (χ0n) is 21.2. The average Bonchev–Trinajstić information content (AvgIpc) is 3.26. The molecule has 6 rings (SSSR count). The lowest BCUT2D eigenvalue weighted by Crippen LogP contribution is -2.37. The van der Waals surface area contributed by atoms with E-state index in [4.69, 9.17) is 4.74 Å². The van der Waals surface area contributed by atoms with Crippen LogP contribution in [0.5, 0.6) is 0 Å². The summed E-state index contributed by atoms with van der Waals surface area (Å²) in [5.41, 5.74) is 5.62. The second-order valence-electron chi connectivity index (χ2n) is 9.52. The number of ether oxygens (including phenoxy) is 1. The number of aromatic amines is 1. The maximum absolute atomic E-state index is 14.1. The Hall–Kier alpha value is -4.47. The largest absolute Gasteiger partial charge is 0.379 e. The monoisotopic (exact) mass is 522 g/mol. The Balaban J connectivity index is 1.17. The molecular formula is C30H27FN6O2. The third-order valence-corrected chi connectivity index (χ3v) is 6.87. The van der Waals surface area contributed by atoms with Crippen LogP contribution in [0.2, 0.25) is 0 Å². The molecule has 0 atom stereocenters. The number of rotatable bonds is 6. The van der Waals surface area contributed by atoms with Gasteiger partial charge in [-0.15, -0.1) is 0 Å². The number of carbonyl (C=O) groups excluding carboxylic acids is 1. The van der Waals surface area contributed by atoms with E-state index < -0.39 is 0 Å². The number of aromatic nitrogens is 3. The fourth-order valence-corrected chi connectivity index (χ4v) is 4.77. The molecule has 1 amide bonds. The number of hydrogen-bond acceptors (Lipinski definition) is 6. The molecule has 4 heterocycles. The van der Waals surface area contributed by atoms with Gasteiger partial charge in [-0.3, -0.25) is 24.8 Å². The SMILES string of the molecule is O=C(Nc1ccc(-c2ccccc2F)nc1)c1n[nH]c2ccc(C3=CCC(CN4CCOCC4)=CN=C3)cc12. The molecule has 0 unspecified atom stereocenters. The van der Waals surface area contributed by atoms with Crippen LogP contribution < -0.4 is 5.32 Å². The molecule has 39 heavy (non-hydrogen) atoms. The number of amides is 1. The maximum atomic E-state index is 14.1. The Morgan fingerprint density at radius 2 is 1.97 bits per heavy atom. The van der Waals surface area contributed by atoms with Crippen molar-refractivity contribution >= 4 is 34.3 Å². The van der Waals surface area contributed by atoms with Gasteiger partial charge in [0, 0.05) is 43.0 Å². The van der Waals surface area contributed by atoms with Gasteiger partial charge in [0.2, 0.25) is 0 Å². The molecule has 2 aromatic heterocycles. The van der Waals surface area contributed by atoms with E-state index in [-0.39, 0.29) is 17.4 Å². The topological polar surface area (TPSA) is 95.5 Å². The number of pyridine rings is 1. The van der Waals surface area contributed by atoms with Crippen molar-refractivity contribution in [2.45, 2.75) is 6.42 Å². The summed E-state index contributed by atoms with van der Waals surface area (Å²) in [6, 6.07) is 15.7.